The number of hydrogen-bond acceptors (Lipinski definition) is 5. The third kappa shape index (κ3) is 6.33. The predicted molar refractivity (Wildman–Crippen MR) is 83.7 cm³/mol. The van der Waals surface area contributed by atoms with E-state index in [2.05, 4.69) is 0 Å². The fourth-order valence-corrected chi connectivity index (χ4v) is 3.29. The SMILES string of the molecule is CCN(CC(C)(C)O)S(=O)(=O)CCOc1cccc(N)c1. The van der Waals surface area contributed by atoms with Gasteiger partial charge in [-0.05, 0) is 26.0 Å². The fraction of sp³-hybridized carbons (Fsp3) is 0.571. The van der Waals surface area contributed by atoms with E-state index >= 15 is 0 Å². The molecule has 1 aromatic rings. The summed E-state index contributed by atoms with van der Waals surface area (Å²) < 4.78 is 31.1. The predicted octanol–water partition coefficient (Wildman–Crippen LogP) is 1.07. The van der Waals surface area contributed by atoms with Gasteiger partial charge in [-0.3, -0.25) is 0 Å². The van der Waals surface area contributed by atoms with Gasteiger partial charge in [0, 0.05) is 24.8 Å². The second kappa shape index (κ2) is 7.11. The van der Waals surface area contributed by atoms with Gasteiger partial charge in [-0.25, -0.2) is 8.42 Å². The highest BCUT2D eigenvalue weighted by molar-refractivity contribution is 7.89. The molecular weight excluding hydrogens is 292 g/mol. The van der Waals surface area contributed by atoms with E-state index in [0.29, 0.717) is 18.0 Å². The van der Waals surface area contributed by atoms with Crippen LogP contribution in [0.25, 0.3) is 0 Å². The first-order valence-corrected chi connectivity index (χ1v) is 8.43. The van der Waals surface area contributed by atoms with Crippen LogP contribution in [0.2, 0.25) is 0 Å². The third-order valence-electron chi connectivity index (χ3n) is 2.78. The van der Waals surface area contributed by atoms with Crippen LogP contribution in [0.4, 0.5) is 5.69 Å². The highest BCUT2D eigenvalue weighted by Gasteiger charge is 2.26. The molecule has 0 aromatic heterocycles. The molecule has 0 radical (unpaired) electrons. The zero-order valence-corrected chi connectivity index (χ0v) is 13.6. The summed E-state index contributed by atoms with van der Waals surface area (Å²) >= 11 is 0. The summed E-state index contributed by atoms with van der Waals surface area (Å²) in [7, 11) is -3.47. The van der Waals surface area contributed by atoms with Gasteiger partial charge in [-0.2, -0.15) is 4.31 Å². The van der Waals surface area contributed by atoms with Crippen LogP contribution >= 0.6 is 0 Å². The molecule has 0 bridgehead atoms. The molecule has 1 rings (SSSR count). The summed E-state index contributed by atoms with van der Waals surface area (Å²) in [5.41, 5.74) is 5.11. The van der Waals surface area contributed by atoms with Gasteiger partial charge < -0.3 is 15.6 Å². The summed E-state index contributed by atoms with van der Waals surface area (Å²) in [5, 5.41) is 9.77. The molecule has 0 saturated heterocycles. The van der Waals surface area contributed by atoms with Crippen LogP contribution in [0.15, 0.2) is 24.3 Å². The Hall–Kier alpha value is -1.31. The van der Waals surface area contributed by atoms with E-state index in [1.807, 2.05) is 0 Å². The van der Waals surface area contributed by atoms with Crippen LogP contribution < -0.4 is 10.5 Å². The van der Waals surface area contributed by atoms with Crippen molar-refractivity contribution >= 4 is 15.7 Å². The van der Waals surface area contributed by atoms with Crippen molar-refractivity contribution in [3.05, 3.63) is 24.3 Å². The zero-order chi connectivity index (χ0) is 16.1. The van der Waals surface area contributed by atoms with Crippen molar-refractivity contribution in [1.82, 2.24) is 4.31 Å². The van der Waals surface area contributed by atoms with Crippen LogP contribution in [0.5, 0.6) is 5.75 Å². The summed E-state index contributed by atoms with van der Waals surface area (Å²) in [5.74, 6) is 0.391. The van der Waals surface area contributed by atoms with Crippen molar-refractivity contribution in [3.8, 4) is 5.75 Å². The lowest BCUT2D eigenvalue weighted by atomic mass is 10.1. The van der Waals surface area contributed by atoms with Gasteiger partial charge in [0.05, 0.1) is 11.4 Å². The number of nitrogens with two attached hydrogens (primary N) is 1. The number of rotatable bonds is 8. The number of hydrogen-bond donors (Lipinski definition) is 2. The van der Waals surface area contributed by atoms with Gasteiger partial charge in [0.2, 0.25) is 10.0 Å². The normalized spacial score (nSPS) is 12.6. The number of anilines is 1. The summed E-state index contributed by atoms with van der Waals surface area (Å²) in [6, 6.07) is 6.83. The first-order chi connectivity index (χ1) is 9.64. The molecule has 0 aliphatic carbocycles. The van der Waals surface area contributed by atoms with Crippen molar-refractivity contribution < 1.29 is 18.3 Å². The Bertz CT molecular complexity index is 552. The molecule has 0 aliphatic heterocycles. The van der Waals surface area contributed by atoms with E-state index in [-0.39, 0.29) is 18.9 Å². The van der Waals surface area contributed by atoms with Crippen LogP contribution in [0, 0.1) is 0 Å². The lowest BCUT2D eigenvalue weighted by Gasteiger charge is -2.27. The number of aliphatic hydroxyl groups is 1. The highest BCUT2D eigenvalue weighted by atomic mass is 32.2. The van der Waals surface area contributed by atoms with Crippen molar-refractivity contribution in [1.29, 1.82) is 0 Å². The summed E-state index contributed by atoms with van der Waals surface area (Å²) in [6.45, 7) is 5.30. The average molecular weight is 316 g/mol. The molecule has 0 aliphatic rings. The first kappa shape index (κ1) is 17.7. The molecule has 1 aromatic carbocycles. The Labute approximate surface area is 126 Å². The quantitative estimate of drug-likeness (QED) is 0.700. The van der Waals surface area contributed by atoms with Gasteiger partial charge in [0.15, 0.2) is 0 Å². The first-order valence-electron chi connectivity index (χ1n) is 6.82. The van der Waals surface area contributed by atoms with E-state index in [0.717, 1.165) is 0 Å². The second-order valence-electron chi connectivity index (χ2n) is 5.48. The molecule has 0 unspecified atom stereocenters. The number of likely N-dealkylation sites (N-methyl/N-ethyl adjacent to an activating group) is 1. The smallest absolute Gasteiger partial charge is 0.217 e. The molecular formula is C14H24N2O4S. The molecule has 0 saturated carbocycles. The lowest BCUT2D eigenvalue weighted by molar-refractivity contribution is 0.0600. The molecule has 0 fully saturated rings. The largest absolute Gasteiger partial charge is 0.492 e. The molecule has 0 spiro atoms. The van der Waals surface area contributed by atoms with Crippen LogP contribution in [-0.4, -0.2) is 48.9 Å². The van der Waals surface area contributed by atoms with Crippen molar-refractivity contribution in [2.24, 2.45) is 0 Å². The van der Waals surface area contributed by atoms with E-state index in [1.165, 1.54) is 4.31 Å². The average Bonchev–Trinajstić information content (AvgIpc) is 2.34. The minimum atomic E-state index is -3.47. The molecule has 6 nitrogen and oxygen atoms in total. The monoisotopic (exact) mass is 316 g/mol. The van der Waals surface area contributed by atoms with Crippen molar-refractivity contribution in [2.75, 3.05) is 31.2 Å². The van der Waals surface area contributed by atoms with Crippen LogP contribution in [-0.2, 0) is 10.0 Å². The zero-order valence-electron chi connectivity index (χ0n) is 12.7. The van der Waals surface area contributed by atoms with Crippen molar-refractivity contribution in [3.63, 3.8) is 0 Å². The Balaban J connectivity index is 2.59. The summed E-state index contributed by atoms with van der Waals surface area (Å²) in [4.78, 5) is 0. The van der Waals surface area contributed by atoms with E-state index in [9.17, 15) is 13.5 Å². The van der Waals surface area contributed by atoms with Crippen molar-refractivity contribution in [2.45, 2.75) is 26.4 Å². The molecule has 7 heteroatoms. The lowest BCUT2D eigenvalue weighted by Crippen LogP contribution is -2.43. The topological polar surface area (TPSA) is 92.9 Å². The standard InChI is InChI=1S/C14H24N2O4S/c1-4-16(11-14(2,3)17)21(18,19)9-8-20-13-7-5-6-12(15)10-13/h5-7,10,17H,4,8-9,11,15H2,1-3H3. The molecule has 120 valence electrons. The van der Waals surface area contributed by atoms with E-state index < -0.39 is 15.6 Å². The number of nitrogens with zero attached hydrogens (tertiary/aromatic N) is 1. The van der Waals surface area contributed by atoms with Gasteiger partial charge in [0.1, 0.15) is 12.4 Å². The Morgan fingerprint density at radius 3 is 2.57 bits per heavy atom. The minimum Gasteiger partial charge on any atom is -0.492 e. The number of ether oxygens (including phenoxy) is 1. The van der Waals surface area contributed by atoms with Crippen LogP contribution in [0.1, 0.15) is 20.8 Å². The van der Waals surface area contributed by atoms with Gasteiger partial charge in [-0.15, -0.1) is 0 Å². The maximum atomic E-state index is 12.2. The number of benzene rings is 1. The Morgan fingerprint density at radius 2 is 2.05 bits per heavy atom. The molecule has 0 atom stereocenters. The maximum absolute atomic E-state index is 12.2. The molecule has 21 heavy (non-hydrogen) atoms. The van der Waals surface area contributed by atoms with Gasteiger partial charge in [0.25, 0.3) is 0 Å². The fourth-order valence-electron chi connectivity index (χ4n) is 1.84. The highest BCUT2D eigenvalue weighted by Crippen LogP contribution is 2.15. The van der Waals surface area contributed by atoms with Crippen LogP contribution in [0.3, 0.4) is 0 Å². The minimum absolute atomic E-state index is 0.0359. The number of sulfonamides is 1. The Morgan fingerprint density at radius 1 is 1.38 bits per heavy atom. The maximum Gasteiger partial charge on any atom is 0.217 e. The Kier molecular flexibility index (Phi) is 6.00. The van der Waals surface area contributed by atoms with Gasteiger partial charge in [-0.1, -0.05) is 13.0 Å². The van der Waals surface area contributed by atoms with Gasteiger partial charge >= 0.3 is 0 Å². The molecule has 3 N–H and O–H groups in total. The number of nitrogen functional groups attached to an aromatic ring is 1. The summed E-state index contributed by atoms with van der Waals surface area (Å²) in [6.07, 6.45) is 0. The molecule has 0 heterocycles. The van der Waals surface area contributed by atoms with E-state index in [1.54, 1.807) is 45.0 Å². The second-order valence-corrected chi connectivity index (χ2v) is 7.56. The van der Waals surface area contributed by atoms with E-state index in [4.69, 9.17) is 10.5 Å². The third-order valence-corrected chi connectivity index (χ3v) is 4.63. The molecule has 0 amide bonds.